The summed E-state index contributed by atoms with van der Waals surface area (Å²) in [6.07, 6.45) is 14.6. The smallest absolute Gasteiger partial charge is 0.128 e. The minimum absolute atomic E-state index is 0.00299. The molecule has 0 radical (unpaired) electrons. The minimum atomic E-state index is -0.0501. The van der Waals surface area contributed by atoms with E-state index in [4.69, 9.17) is 5.21 Å². The number of benzene rings is 1. The SMILES string of the molecule is CCCCCCCCCCCCCC(=NO)c1ccc(O)cc1O. The monoisotopic (exact) mass is 335 g/mol. The predicted octanol–water partition coefficient (Wildman–Crippen LogP) is 5.98. The summed E-state index contributed by atoms with van der Waals surface area (Å²) in [5, 5.41) is 31.6. The molecule has 0 heterocycles. The summed E-state index contributed by atoms with van der Waals surface area (Å²) in [6.45, 7) is 2.25. The highest BCUT2D eigenvalue weighted by Crippen LogP contribution is 2.25. The second-order valence-electron chi connectivity index (χ2n) is 6.53. The van der Waals surface area contributed by atoms with Crippen LogP contribution in [0.3, 0.4) is 0 Å². The maximum absolute atomic E-state index is 9.82. The third-order valence-electron chi connectivity index (χ3n) is 4.43. The maximum Gasteiger partial charge on any atom is 0.128 e. The van der Waals surface area contributed by atoms with E-state index in [-0.39, 0.29) is 11.5 Å². The topological polar surface area (TPSA) is 73.1 Å². The minimum Gasteiger partial charge on any atom is -0.508 e. The summed E-state index contributed by atoms with van der Waals surface area (Å²) in [6, 6.07) is 4.33. The van der Waals surface area contributed by atoms with Gasteiger partial charge in [0, 0.05) is 11.6 Å². The van der Waals surface area contributed by atoms with E-state index in [1.54, 1.807) is 6.07 Å². The summed E-state index contributed by atoms with van der Waals surface area (Å²) in [4.78, 5) is 0. The van der Waals surface area contributed by atoms with Crippen LogP contribution in [0, 0.1) is 0 Å². The number of phenols is 2. The van der Waals surface area contributed by atoms with Gasteiger partial charge >= 0.3 is 0 Å². The Morgan fingerprint density at radius 2 is 1.38 bits per heavy atom. The Morgan fingerprint density at radius 1 is 0.833 bits per heavy atom. The fourth-order valence-corrected chi connectivity index (χ4v) is 2.96. The summed E-state index contributed by atoms with van der Waals surface area (Å²) < 4.78 is 0. The molecule has 24 heavy (non-hydrogen) atoms. The molecule has 1 aromatic carbocycles. The van der Waals surface area contributed by atoms with E-state index in [1.807, 2.05) is 0 Å². The Labute approximate surface area is 146 Å². The van der Waals surface area contributed by atoms with Crippen LogP contribution in [-0.2, 0) is 0 Å². The molecule has 0 aliphatic heterocycles. The molecule has 0 unspecified atom stereocenters. The van der Waals surface area contributed by atoms with Gasteiger partial charge in [-0.05, 0) is 25.0 Å². The van der Waals surface area contributed by atoms with Crippen molar-refractivity contribution in [3.8, 4) is 11.5 Å². The Bertz CT molecular complexity index is 486. The third kappa shape index (κ3) is 8.23. The molecule has 0 atom stereocenters. The van der Waals surface area contributed by atoms with Crippen molar-refractivity contribution in [2.45, 2.75) is 84.0 Å². The molecular weight excluding hydrogens is 302 g/mol. The quantitative estimate of drug-likeness (QED) is 0.180. The van der Waals surface area contributed by atoms with Crippen LogP contribution in [0.15, 0.2) is 23.4 Å². The number of nitrogens with zero attached hydrogens (tertiary/aromatic N) is 1. The molecule has 136 valence electrons. The van der Waals surface area contributed by atoms with Gasteiger partial charge in [0.1, 0.15) is 11.5 Å². The number of unbranched alkanes of at least 4 members (excludes halogenated alkanes) is 10. The normalized spacial score (nSPS) is 11.8. The van der Waals surface area contributed by atoms with Gasteiger partial charge in [-0.15, -0.1) is 0 Å². The fraction of sp³-hybridized carbons (Fsp3) is 0.650. The van der Waals surface area contributed by atoms with Crippen molar-refractivity contribution < 1.29 is 15.4 Å². The predicted molar refractivity (Wildman–Crippen MR) is 99.2 cm³/mol. The average molecular weight is 335 g/mol. The number of oxime groups is 1. The zero-order valence-corrected chi connectivity index (χ0v) is 15.0. The summed E-state index contributed by atoms with van der Waals surface area (Å²) >= 11 is 0. The molecule has 4 nitrogen and oxygen atoms in total. The Balaban J connectivity index is 2.11. The highest BCUT2D eigenvalue weighted by Gasteiger charge is 2.10. The lowest BCUT2D eigenvalue weighted by Crippen LogP contribution is -2.01. The number of hydrogen-bond donors (Lipinski definition) is 3. The van der Waals surface area contributed by atoms with Gasteiger partial charge in [0.2, 0.25) is 0 Å². The van der Waals surface area contributed by atoms with Crippen LogP contribution >= 0.6 is 0 Å². The highest BCUT2D eigenvalue weighted by atomic mass is 16.4. The van der Waals surface area contributed by atoms with Gasteiger partial charge in [0.25, 0.3) is 0 Å². The van der Waals surface area contributed by atoms with Gasteiger partial charge in [-0.25, -0.2) is 0 Å². The van der Waals surface area contributed by atoms with Crippen molar-refractivity contribution in [2.24, 2.45) is 5.16 Å². The molecule has 0 amide bonds. The van der Waals surface area contributed by atoms with Crippen LogP contribution in [0.2, 0.25) is 0 Å². The van der Waals surface area contributed by atoms with Crippen LogP contribution in [-0.4, -0.2) is 21.1 Å². The van der Waals surface area contributed by atoms with Gasteiger partial charge < -0.3 is 15.4 Å². The van der Waals surface area contributed by atoms with Crippen molar-refractivity contribution in [1.29, 1.82) is 0 Å². The zero-order valence-electron chi connectivity index (χ0n) is 15.0. The van der Waals surface area contributed by atoms with E-state index in [1.165, 1.54) is 69.9 Å². The lowest BCUT2D eigenvalue weighted by atomic mass is 10.0. The van der Waals surface area contributed by atoms with Crippen LogP contribution in [0.1, 0.15) is 89.5 Å². The molecule has 0 bridgehead atoms. The first kappa shape index (κ1) is 20.3. The van der Waals surface area contributed by atoms with Crippen molar-refractivity contribution >= 4 is 5.71 Å². The molecule has 0 aliphatic rings. The Morgan fingerprint density at radius 3 is 1.88 bits per heavy atom. The molecule has 0 aromatic heterocycles. The fourth-order valence-electron chi connectivity index (χ4n) is 2.96. The summed E-state index contributed by atoms with van der Waals surface area (Å²) in [5.74, 6) is -0.0471. The van der Waals surface area contributed by atoms with E-state index >= 15 is 0 Å². The van der Waals surface area contributed by atoms with Crippen molar-refractivity contribution in [1.82, 2.24) is 0 Å². The highest BCUT2D eigenvalue weighted by molar-refractivity contribution is 6.02. The molecule has 3 N–H and O–H groups in total. The van der Waals surface area contributed by atoms with Crippen LogP contribution in [0.4, 0.5) is 0 Å². The molecule has 0 saturated carbocycles. The first-order chi connectivity index (χ1) is 11.7. The molecule has 1 rings (SSSR count). The second-order valence-corrected chi connectivity index (χ2v) is 6.53. The number of rotatable bonds is 13. The summed E-state index contributed by atoms with van der Waals surface area (Å²) in [7, 11) is 0. The van der Waals surface area contributed by atoms with Gasteiger partial charge in [0.15, 0.2) is 0 Å². The van der Waals surface area contributed by atoms with Crippen LogP contribution in [0.5, 0.6) is 11.5 Å². The van der Waals surface area contributed by atoms with Crippen LogP contribution < -0.4 is 0 Å². The standard InChI is InChI=1S/C20H33NO3/c1-2-3-4-5-6-7-8-9-10-11-12-13-19(21-24)18-15-14-17(22)16-20(18)23/h14-16,22-24H,2-13H2,1H3. The van der Waals surface area contributed by atoms with Gasteiger partial charge in [-0.1, -0.05) is 76.3 Å². The van der Waals surface area contributed by atoms with E-state index < -0.39 is 0 Å². The van der Waals surface area contributed by atoms with E-state index in [2.05, 4.69) is 12.1 Å². The molecule has 0 fully saturated rings. The molecule has 0 aliphatic carbocycles. The first-order valence-electron chi connectivity index (χ1n) is 9.42. The van der Waals surface area contributed by atoms with E-state index in [9.17, 15) is 10.2 Å². The Hall–Kier alpha value is -1.71. The lowest BCUT2D eigenvalue weighted by molar-refractivity contribution is 0.317. The number of phenolic OH excluding ortho intramolecular Hbond substituents is 2. The van der Waals surface area contributed by atoms with Gasteiger partial charge in [-0.2, -0.15) is 0 Å². The van der Waals surface area contributed by atoms with Crippen LogP contribution in [0.25, 0.3) is 0 Å². The molecule has 1 aromatic rings. The first-order valence-corrected chi connectivity index (χ1v) is 9.42. The van der Waals surface area contributed by atoms with Gasteiger partial charge in [0.05, 0.1) is 5.71 Å². The van der Waals surface area contributed by atoms with E-state index in [0.29, 0.717) is 17.7 Å². The third-order valence-corrected chi connectivity index (χ3v) is 4.43. The Kier molecular flexibility index (Phi) is 10.7. The van der Waals surface area contributed by atoms with Crippen molar-refractivity contribution in [3.05, 3.63) is 23.8 Å². The average Bonchev–Trinajstić information content (AvgIpc) is 2.57. The summed E-state index contributed by atoms with van der Waals surface area (Å²) in [5.41, 5.74) is 0.964. The second kappa shape index (κ2) is 12.7. The van der Waals surface area contributed by atoms with Gasteiger partial charge in [-0.3, -0.25) is 0 Å². The van der Waals surface area contributed by atoms with E-state index in [0.717, 1.165) is 12.8 Å². The number of aromatic hydroxyl groups is 2. The van der Waals surface area contributed by atoms with Crippen molar-refractivity contribution in [2.75, 3.05) is 0 Å². The zero-order chi connectivity index (χ0) is 17.6. The van der Waals surface area contributed by atoms with Crippen molar-refractivity contribution in [3.63, 3.8) is 0 Å². The molecule has 4 heteroatoms. The lowest BCUT2D eigenvalue weighted by Gasteiger charge is -2.07. The molecule has 0 saturated heterocycles. The molecular formula is C20H33NO3. The number of hydrogen-bond acceptors (Lipinski definition) is 4. The molecule has 0 spiro atoms. The maximum atomic E-state index is 9.82. The largest absolute Gasteiger partial charge is 0.508 e.